The highest BCUT2D eigenvalue weighted by Crippen LogP contribution is 2.47. The summed E-state index contributed by atoms with van der Waals surface area (Å²) in [4.78, 5) is 18.8. The van der Waals surface area contributed by atoms with Crippen molar-refractivity contribution in [2.45, 2.75) is 32.2 Å². The van der Waals surface area contributed by atoms with Gasteiger partial charge < -0.3 is 19.2 Å². The monoisotopic (exact) mass is 524 g/mol. The van der Waals surface area contributed by atoms with Crippen molar-refractivity contribution in [1.29, 1.82) is 0 Å². The van der Waals surface area contributed by atoms with Crippen LogP contribution in [0.25, 0.3) is 10.9 Å². The molecule has 2 aliphatic rings. The van der Waals surface area contributed by atoms with Gasteiger partial charge in [-0.3, -0.25) is 4.90 Å². The van der Waals surface area contributed by atoms with Gasteiger partial charge in [-0.05, 0) is 65.0 Å². The van der Waals surface area contributed by atoms with E-state index < -0.39 is 0 Å². The second-order valence-corrected chi connectivity index (χ2v) is 9.25. The van der Waals surface area contributed by atoms with Crippen molar-refractivity contribution < 1.29 is 19.0 Å². The number of halogens is 1. The van der Waals surface area contributed by atoms with Crippen LogP contribution >= 0.6 is 22.6 Å². The summed E-state index contributed by atoms with van der Waals surface area (Å²) in [6.45, 7) is 4.18. The number of esters is 1. The molecule has 1 aromatic heterocycles. The molecule has 6 nitrogen and oxygen atoms in total. The number of nitrogens with zero attached hydrogens (tertiary/aromatic N) is 1. The molecule has 7 heteroatoms. The first-order valence-electron chi connectivity index (χ1n) is 10.5. The van der Waals surface area contributed by atoms with Gasteiger partial charge in [0.05, 0.1) is 42.8 Å². The molecule has 162 valence electrons. The Bertz CT molecular complexity index is 983. The fourth-order valence-electron chi connectivity index (χ4n) is 5.33. The van der Waals surface area contributed by atoms with Crippen molar-refractivity contribution in [2.24, 2.45) is 11.8 Å². The second-order valence-electron chi connectivity index (χ2n) is 8.09. The number of aromatic amines is 1. The van der Waals surface area contributed by atoms with Crippen molar-refractivity contribution in [3.8, 4) is 5.75 Å². The Morgan fingerprint density at radius 2 is 2.13 bits per heavy atom. The zero-order valence-corrected chi connectivity index (χ0v) is 20.1. The average Bonchev–Trinajstić information content (AvgIpc) is 3.15. The van der Waals surface area contributed by atoms with Crippen molar-refractivity contribution in [3.05, 3.63) is 38.8 Å². The zero-order chi connectivity index (χ0) is 21.4. The first-order chi connectivity index (χ1) is 14.5. The van der Waals surface area contributed by atoms with Gasteiger partial charge in [-0.15, -0.1) is 0 Å². The quantitative estimate of drug-likeness (QED) is 0.272. The normalized spacial score (nSPS) is 24.3. The highest BCUT2D eigenvalue weighted by Gasteiger charge is 2.42. The maximum atomic E-state index is 12.5. The third-order valence-corrected chi connectivity index (χ3v) is 7.59. The zero-order valence-electron chi connectivity index (χ0n) is 18.0. The van der Waals surface area contributed by atoms with Gasteiger partial charge in [0.15, 0.2) is 0 Å². The molecule has 0 radical (unpaired) electrons. The second kappa shape index (κ2) is 8.78. The number of rotatable bonds is 5. The van der Waals surface area contributed by atoms with Gasteiger partial charge >= 0.3 is 5.97 Å². The van der Waals surface area contributed by atoms with Crippen LogP contribution in [0.3, 0.4) is 0 Å². The topological polar surface area (TPSA) is 63.8 Å². The van der Waals surface area contributed by atoms with Gasteiger partial charge in [-0.1, -0.05) is 13.3 Å². The summed E-state index contributed by atoms with van der Waals surface area (Å²) in [7, 11) is 4.77. The van der Waals surface area contributed by atoms with Crippen LogP contribution in [0.4, 0.5) is 0 Å². The third kappa shape index (κ3) is 3.49. The van der Waals surface area contributed by atoms with Crippen LogP contribution in [0.15, 0.2) is 24.0 Å². The number of nitrogens with one attached hydrogen (secondary N) is 1. The SMILES string of the molecule is CC[C@@H]1CN2CCc3c([nH]c4ccc(I)c(OC)c34)[C@@H]2C[C@@H]1/C(=C\OC)C(=O)OC. The van der Waals surface area contributed by atoms with E-state index in [-0.39, 0.29) is 17.9 Å². The predicted octanol–water partition coefficient (Wildman–Crippen LogP) is 4.43. The van der Waals surface area contributed by atoms with E-state index in [0.29, 0.717) is 11.5 Å². The Morgan fingerprint density at radius 3 is 2.80 bits per heavy atom. The highest BCUT2D eigenvalue weighted by atomic mass is 127. The molecule has 0 bridgehead atoms. The number of carbonyl (C=O) groups excluding carboxylic acids is 1. The van der Waals surface area contributed by atoms with E-state index in [1.54, 1.807) is 20.5 Å². The fourth-order valence-corrected chi connectivity index (χ4v) is 6.00. The van der Waals surface area contributed by atoms with E-state index in [4.69, 9.17) is 14.2 Å². The molecule has 3 atom stereocenters. The molecule has 2 aliphatic heterocycles. The van der Waals surface area contributed by atoms with E-state index in [9.17, 15) is 4.79 Å². The molecule has 0 amide bonds. The third-order valence-electron chi connectivity index (χ3n) is 6.74. The van der Waals surface area contributed by atoms with Crippen LogP contribution in [0.2, 0.25) is 0 Å². The number of piperidine rings is 1. The number of fused-ring (bicyclic) bond motifs is 5. The largest absolute Gasteiger partial charge is 0.504 e. The van der Waals surface area contributed by atoms with Gasteiger partial charge in [-0.2, -0.15) is 0 Å². The number of hydrogen-bond donors (Lipinski definition) is 1. The first kappa shape index (κ1) is 21.5. The lowest BCUT2D eigenvalue weighted by atomic mass is 9.74. The first-order valence-corrected chi connectivity index (χ1v) is 11.5. The Balaban J connectivity index is 1.78. The average molecular weight is 524 g/mol. The number of benzene rings is 1. The number of carbonyl (C=O) groups is 1. The van der Waals surface area contributed by atoms with E-state index in [1.165, 1.54) is 23.8 Å². The Labute approximate surface area is 191 Å². The lowest BCUT2D eigenvalue weighted by molar-refractivity contribution is -0.137. The van der Waals surface area contributed by atoms with Gasteiger partial charge in [0.25, 0.3) is 0 Å². The standard InChI is InChI=1S/C23H29IN2O4/c1-5-13-11-26-9-8-14-20-18(7-6-17(24)22(20)29-3)25-21(14)19(26)10-15(13)16(12-28-2)23(27)30-4/h6-7,12-13,15,19,25H,5,8-11H2,1-4H3/b16-12+/t13-,15+,19+/m1/s1. The number of hydrogen-bond acceptors (Lipinski definition) is 5. The van der Waals surface area contributed by atoms with Crippen molar-refractivity contribution in [1.82, 2.24) is 9.88 Å². The van der Waals surface area contributed by atoms with Crippen LogP contribution < -0.4 is 4.74 Å². The highest BCUT2D eigenvalue weighted by molar-refractivity contribution is 14.1. The van der Waals surface area contributed by atoms with Gasteiger partial charge in [0.2, 0.25) is 0 Å². The van der Waals surface area contributed by atoms with Crippen molar-refractivity contribution in [2.75, 3.05) is 34.4 Å². The number of H-pyrrole nitrogens is 1. The molecule has 1 aromatic carbocycles. The minimum Gasteiger partial charge on any atom is -0.504 e. The lowest BCUT2D eigenvalue weighted by Crippen LogP contribution is -2.47. The maximum absolute atomic E-state index is 12.5. The molecule has 2 aromatic rings. The molecule has 1 saturated heterocycles. The minimum atomic E-state index is -0.294. The van der Waals surface area contributed by atoms with E-state index >= 15 is 0 Å². The predicted molar refractivity (Wildman–Crippen MR) is 125 cm³/mol. The molecule has 3 heterocycles. The summed E-state index contributed by atoms with van der Waals surface area (Å²) < 4.78 is 17.2. The lowest BCUT2D eigenvalue weighted by Gasteiger charge is -2.46. The molecule has 0 spiro atoms. The van der Waals surface area contributed by atoms with Crippen LogP contribution in [-0.2, 0) is 20.7 Å². The number of methoxy groups -OCH3 is 3. The Kier molecular flexibility index (Phi) is 6.29. The van der Waals surface area contributed by atoms with Crippen molar-refractivity contribution >= 4 is 39.5 Å². The van der Waals surface area contributed by atoms with Gasteiger partial charge in [0, 0.05) is 29.7 Å². The number of aromatic nitrogens is 1. The maximum Gasteiger partial charge on any atom is 0.337 e. The van der Waals surface area contributed by atoms with Crippen LogP contribution in [0, 0.1) is 15.4 Å². The van der Waals surface area contributed by atoms with E-state index in [0.717, 1.165) is 47.2 Å². The molecule has 4 rings (SSSR count). The molecule has 1 fully saturated rings. The molecular weight excluding hydrogens is 495 g/mol. The summed E-state index contributed by atoms with van der Waals surface area (Å²) in [6, 6.07) is 4.47. The fraction of sp³-hybridized carbons (Fsp3) is 0.522. The van der Waals surface area contributed by atoms with Gasteiger partial charge in [-0.25, -0.2) is 4.79 Å². The van der Waals surface area contributed by atoms with Gasteiger partial charge in [0.1, 0.15) is 5.75 Å². The summed E-state index contributed by atoms with van der Waals surface area (Å²) in [5.74, 6) is 1.15. The summed E-state index contributed by atoms with van der Waals surface area (Å²) in [6.07, 6.45) is 4.45. The molecular formula is C23H29IN2O4. The Morgan fingerprint density at radius 1 is 1.33 bits per heavy atom. The van der Waals surface area contributed by atoms with Crippen molar-refractivity contribution in [3.63, 3.8) is 0 Å². The molecule has 1 N–H and O–H groups in total. The Hall–Kier alpha value is -1.74. The van der Waals surface area contributed by atoms with Crippen LogP contribution in [0.1, 0.15) is 37.1 Å². The minimum absolute atomic E-state index is 0.100. The molecule has 0 saturated carbocycles. The van der Waals surface area contributed by atoms with E-state index in [2.05, 4.69) is 51.5 Å². The van der Waals surface area contributed by atoms with E-state index in [1.807, 2.05) is 0 Å². The number of ether oxygens (including phenoxy) is 3. The molecule has 0 unspecified atom stereocenters. The summed E-state index contributed by atoms with van der Waals surface area (Å²) >= 11 is 2.34. The smallest absolute Gasteiger partial charge is 0.337 e. The molecule has 0 aliphatic carbocycles. The van der Waals surface area contributed by atoms with Crippen LogP contribution in [-0.4, -0.2) is 50.3 Å². The summed E-state index contributed by atoms with van der Waals surface area (Å²) in [5, 5.41) is 1.20. The van der Waals surface area contributed by atoms with Crippen LogP contribution in [0.5, 0.6) is 5.75 Å². The summed E-state index contributed by atoms with van der Waals surface area (Å²) in [5.41, 5.74) is 4.37. The molecule has 30 heavy (non-hydrogen) atoms.